The van der Waals surface area contributed by atoms with Crippen LogP contribution >= 0.6 is 0 Å². The molecule has 0 aliphatic carbocycles. The maximum atomic E-state index is 11.5. The van der Waals surface area contributed by atoms with E-state index in [9.17, 15) is 9.59 Å². The van der Waals surface area contributed by atoms with Crippen molar-refractivity contribution < 1.29 is 19.4 Å². The van der Waals surface area contributed by atoms with Gasteiger partial charge in [-0.3, -0.25) is 9.59 Å². The smallest absolute Gasteiger partial charge is 0.306 e. The first-order chi connectivity index (χ1) is 9.02. The first kappa shape index (κ1) is 15.0. The highest BCUT2D eigenvalue weighted by Crippen LogP contribution is 2.11. The van der Waals surface area contributed by atoms with Gasteiger partial charge < -0.3 is 15.2 Å². The summed E-state index contributed by atoms with van der Waals surface area (Å²) in [5, 5.41) is 11.4. The highest BCUT2D eigenvalue weighted by molar-refractivity contribution is 5.81. The normalized spacial score (nSPS) is 11.7. The van der Waals surface area contributed by atoms with Gasteiger partial charge >= 0.3 is 5.97 Å². The number of aliphatic carboxylic acids is 1. The number of hydrogen-bond donors (Lipinski definition) is 2. The van der Waals surface area contributed by atoms with Crippen molar-refractivity contribution in [1.82, 2.24) is 5.32 Å². The molecule has 1 atom stereocenters. The fraction of sp³-hybridized carbons (Fsp3) is 0.429. The lowest BCUT2D eigenvalue weighted by Gasteiger charge is -2.08. The molecule has 0 saturated heterocycles. The van der Waals surface area contributed by atoms with Crippen LogP contribution in [0.1, 0.15) is 18.9 Å². The summed E-state index contributed by atoms with van der Waals surface area (Å²) in [7, 11) is 1.61. The summed E-state index contributed by atoms with van der Waals surface area (Å²) in [5.41, 5.74) is 1.09. The van der Waals surface area contributed by atoms with E-state index in [0.29, 0.717) is 13.0 Å². The van der Waals surface area contributed by atoms with Gasteiger partial charge in [-0.25, -0.2) is 0 Å². The monoisotopic (exact) mass is 265 g/mol. The Morgan fingerprint density at radius 2 is 1.95 bits per heavy atom. The van der Waals surface area contributed by atoms with Gasteiger partial charge in [0, 0.05) is 13.0 Å². The molecule has 0 spiro atoms. The van der Waals surface area contributed by atoms with E-state index >= 15 is 0 Å². The molecule has 0 radical (unpaired) electrons. The maximum absolute atomic E-state index is 11.5. The van der Waals surface area contributed by atoms with E-state index in [1.165, 1.54) is 6.92 Å². The largest absolute Gasteiger partial charge is 0.497 e. The van der Waals surface area contributed by atoms with Gasteiger partial charge in [-0.1, -0.05) is 19.1 Å². The maximum Gasteiger partial charge on any atom is 0.306 e. The van der Waals surface area contributed by atoms with Crippen LogP contribution in [0.4, 0.5) is 0 Å². The van der Waals surface area contributed by atoms with Crippen LogP contribution in [0.3, 0.4) is 0 Å². The summed E-state index contributed by atoms with van der Waals surface area (Å²) in [4.78, 5) is 22.1. The molecule has 5 nitrogen and oxygen atoms in total. The second kappa shape index (κ2) is 7.41. The number of benzene rings is 1. The highest BCUT2D eigenvalue weighted by Gasteiger charge is 2.14. The quantitative estimate of drug-likeness (QED) is 0.782. The fourth-order valence-electron chi connectivity index (χ4n) is 1.58. The van der Waals surface area contributed by atoms with Crippen LogP contribution < -0.4 is 10.1 Å². The number of carbonyl (C=O) groups is 2. The lowest BCUT2D eigenvalue weighted by atomic mass is 10.1. The molecule has 2 N–H and O–H groups in total. The van der Waals surface area contributed by atoms with Crippen LogP contribution in [-0.2, 0) is 16.0 Å². The molecular formula is C14H19NO4. The molecular weight excluding hydrogens is 246 g/mol. The molecule has 5 heteroatoms. The minimum absolute atomic E-state index is 0.0119. The van der Waals surface area contributed by atoms with Gasteiger partial charge in [-0.05, 0) is 24.1 Å². The van der Waals surface area contributed by atoms with E-state index in [-0.39, 0.29) is 12.3 Å². The van der Waals surface area contributed by atoms with Crippen LogP contribution in [0.25, 0.3) is 0 Å². The van der Waals surface area contributed by atoms with Gasteiger partial charge in [0.05, 0.1) is 13.0 Å². The van der Waals surface area contributed by atoms with Crippen LogP contribution in [0.15, 0.2) is 24.3 Å². The zero-order valence-electron chi connectivity index (χ0n) is 11.2. The molecule has 0 aromatic heterocycles. The summed E-state index contributed by atoms with van der Waals surface area (Å²) in [6, 6.07) is 7.60. The van der Waals surface area contributed by atoms with Gasteiger partial charge in [-0.15, -0.1) is 0 Å². The molecule has 0 bridgehead atoms. The number of ether oxygens (including phenoxy) is 1. The lowest BCUT2D eigenvalue weighted by Crippen LogP contribution is -2.28. The summed E-state index contributed by atoms with van der Waals surface area (Å²) < 4.78 is 5.05. The second-order valence-corrected chi connectivity index (χ2v) is 4.39. The van der Waals surface area contributed by atoms with E-state index in [1.54, 1.807) is 7.11 Å². The number of carboxylic acids is 1. The highest BCUT2D eigenvalue weighted by atomic mass is 16.5. The standard InChI is InChI=1S/C14H19NO4/c1-10(14(17)18)9-13(16)15-8-7-11-3-5-12(19-2)6-4-11/h3-6,10H,7-9H2,1-2H3,(H,15,16)(H,17,18). The van der Waals surface area contributed by atoms with Gasteiger partial charge in [0.15, 0.2) is 0 Å². The van der Waals surface area contributed by atoms with Crippen molar-refractivity contribution in [2.45, 2.75) is 19.8 Å². The molecule has 0 aliphatic heterocycles. The molecule has 1 aromatic carbocycles. The Kier molecular flexibility index (Phi) is 5.85. The number of carboxylic acid groups (broad SMARTS) is 1. The molecule has 1 rings (SSSR count). The average Bonchev–Trinajstić information content (AvgIpc) is 2.39. The van der Waals surface area contributed by atoms with Crippen molar-refractivity contribution in [1.29, 1.82) is 0 Å². The summed E-state index contributed by atoms with van der Waals surface area (Å²) in [6.07, 6.45) is 0.717. The predicted octanol–water partition coefficient (Wildman–Crippen LogP) is 1.46. The van der Waals surface area contributed by atoms with Gasteiger partial charge in [0.1, 0.15) is 5.75 Å². The Balaban J connectivity index is 2.29. The van der Waals surface area contributed by atoms with Crippen molar-refractivity contribution in [2.75, 3.05) is 13.7 Å². The summed E-state index contributed by atoms with van der Waals surface area (Å²) in [5.74, 6) is -1.04. The van der Waals surface area contributed by atoms with Gasteiger partial charge in [0.2, 0.25) is 5.91 Å². The van der Waals surface area contributed by atoms with Crippen LogP contribution in [0.2, 0.25) is 0 Å². The van der Waals surface area contributed by atoms with Crippen molar-refractivity contribution in [3.63, 3.8) is 0 Å². The van der Waals surface area contributed by atoms with Crippen molar-refractivity contribution in [3.05, 3.63) is 29.8 Å². The minimum atomic E-state index is -0.953. The number of carbonyl (C=O) groups excluding carboxylic acids is 1. The zero-order chi connectivity index (χ0) is 14.3. The van der Waals surface area contributed by atoms with E-state index in [0.717, 1.165) is 11.3 Å². The third-order valence-corrected chi connectivity index (χ3v) is 2.81. The fourth-order valence-corrected chi connectivity index (χ4v) is 1.58. The second-order valence-electron chi connectivity index (χ2n) is 4.39. The number of nitrogens with one attached hydrogen (secondary N) is 1. The van der Waals surface area contributed by atoms with Crippen LogP contribution in [0.5, 0.6) is 5.75 Å². The van der Waals surface area contributed by atoms with Gasteiger partial charge in [-0.2, -0.15) is 0 Å². The van der Waals surface area contributed by atoms with Crippen LogP contribution in [-0.4, -0.2) is 30.6 Å². The lowest BCUT2D eigenvalue weighted by molar-refractivity contribution is -0.143. The first-order valence-electron chi connectivity index (χ1n) is 6.15. The van der Waals surface area contributed by atoms with E-state index in [1.807, 2.05) is 24.3 Å². The third-order valence-electron chi connectivity index (χ3n) is 2.81. The molecule has 1 aromatic rings. The summed E-state index contributed by atoms with van der Waals surface area (Å²) in [6.45, 7) is 2.02. The molecule has 0 saturated carbocycles. The summed E-state index contributed by atoms with van der Waals surface area (Å²) >= 11 is 0. The Morgan fingerprint density at radius 3 is 2.47 bits per heavy atom. The average molecular weight is 265 g/mol. The van der Waals surface area contributed by atoms with Crippen molar-refractivity contribution in [3.8, 4) is 5.75 Å². The zero-order valence-corrected chi connectivity index (χ0v) is 11.2. The molecule has 0 fully saturated rings. The molecule has 1 unspecified atom stereocenters. The Bertz CT molecular complexity index is 428. The third kappa shape index (κ3) is 5.42. The van der Waals surface area contributed by atoms with E-state index < -0.39 is 11.9 Å². The first-order valence-corrected chi connectivity index (χ1v) is 6.15. The van der Waals surface area contributed by atoms with Crippen LogP contribution in [0, 0.1) is 5.92 Å². The minimum Gasteiger partial charge on any atom is -0.497 e. The molecule has 19 heavy (non-hydrogen) atoms. The Hall–Kier alpha value is -2.04. The van der Waals surface area contributed by atoms with E-state index in [2.05, 4.69) is 5.32 Å². The molecule has 0 aliphatic rings. The topological polar surface area (TPSA) is 75.6 Å². The van der Waals surface area contributed by atoms with Crippen molar-refractivity contribution >= 4 is 11.9 Å². The molecule has 104 valence electrons. The number of hydrogen-bond acceptors (Lipinski definition) is 3. The number of rotatable bonds is 7. The van der Waals surface area contributed by atoms with E-state index in [4.69, 9.17) is 9.84 Å². The molecule has 0 heterocycles. The van der Waals surface area contributed by atoms with Crippen molar-refractivity contribution in [2.24, 2.45) is 5.92 Å². The Morgan fingerprint density at radius 1 is 1.32 bits per heavy atom. The Labute approximate surface area is 112 Å². The number of methoxy groups -OCH3 is 1. The predicted molar refractivity (Wildman–Crippen MR) is 71.1 cm³/mol. The SMILES string of the molecule is COc1ccc(CCNC(=O)CC(C)C(=O)O)cc1. The molecule has 1 amide bonds. The number of amides is 1. The van der Waals surface area contributed by atoms with Gasteiger partial charge in [0.25, 0.3) is 0 Å².